The highest BCUT2D eigenvalue weighted by atomic mass is 16.5. The van der Waals surface area contributed by atoms with Crippen LogP contribution in [0.4, 0.5) is 5.82 Å². The van der Waals surface area contributed by atoms with Crippen molar-refractivity contribution >= 4 is 5.82 Å². The van der Waals surface area contributed by atoms with Gasteiger partial charge < -0.3 is 10.3 Å². The van der Waals surface area contributed by atoms with E-state index in [-0.39, 0.29) is 0 Å². The monoisotopic (exact) mass is 281 g/mol. The Morgan fingerprint density at radius 2 is 2.00 bits per heavy atom. The zero-order valence-electron chi connectivity index (χ0n) is 11.4. The van der Waals surface area contributed by atoms with Crippen LogP contribution in [0.5, 0.6) is 0 Å². The van der Waals surface area contributed by atoms with Crippen molar-refractivity contribution in [1.82, 2.24) is 19.9 Å². The van der Waals surface area contributed by atoms with E-state index in [1.165, 1.54) is 6.42 Å². The van der Waals surface area contributed by atoms with Gasteiger partial charge >= 0.3 is 0 Å². The number of nitrogens with two attached hydrogens (primary N) is 1. The molecule has 106 valence electrons. The summed E-state index contributed by atoms with van der Waals surface area (Å²) in [7, 11) is 0. The largest absolute Gasteiger partial charge is 0.383 e. The number of nitrogen functional groups attached to an aromatic ring is 1. The number of rotatable bonds is 3. The second kappa shape index (κ2) is 4.73. The van der Waals surface area contributed by atoms with Crippen molar-refractivity contribution < 1.29 is 4.52 Å². The maximum atomic E-state index is 6.17. The minimum absolute atomic E-state index is 0.438. The molecule has 0 radical (unpaired) electrons. The summed E-state index contributed by atoms with van der Waals surface area (Å²) in [4.78, 5) is 4.46. The third-order valence-corrected chi connectivity index (χ3v) is 3.95. The maximum Gasteiger partial charge on any atom is 0.263 e. The Morgan fingerprint density at radius 3 is 2.71 bits per heavy atom. The molecule has 0 unspecified atom stereocenters. The maximum absolute atomic E-state index is 6.17. The van der Waals surface area contributed by atoms with Gasteiger partial charge in [-0.2, -0.15) is 10.1 Å². The van der Waals surface area contributed by atoms with Crippen LogP contribution in [0.3, 0.4) is 0 Å². The summed E-state index contributed by atoms with van der Waals surface area (Å²) in [5.41, 5.74) is 7.75. The van der Waals surface area contributed by atoms with Gasteiger partial charge in [0.25, 0.3) is 5.89 Å². The predicted molar refractivity (Wildman–Crippen MR) is 77.9 cm³/mol. The Morgan fingerprint density at radius 1 is 1.19 bits per heavy atom. The number of anilines is 1. The highest BCUT2D eigenvalue weighted by molar-refractivity contribution is 5.68. The highest BCUT2D eigenvalue weighted by Gasteiger charge is 2.26. The van der Waals surface area contributed by atoms with Gasteiger partial charge in [0.15, 0.2) is 5.82 Å². The standard InChI is InChI=1S/C15H15N5O/c16-13-12(9-17-20(13)11-7-2-1-3-8-11)15-18-14(19-21-15)10-5-4-6-10/h1-3,7-10H,4-6,16H2. The highest BCUT2D eigenvalue weighted by Crippen LogP contribution is 2.36. The number of aromatic nitrogens is 4. The van der Waals surface area contributed by atoms with Crippen LogP contribution in [-0.2, 0) is 0 Å². The van der Waals surface area contributed by atoms with E-state index in [4.69, 9.17) is 10.3 Å². The van der Waals surface area contributed by atoms with E-state index in [1.807, 2.05) is 30.3 Å². The molecule has 21 heavy (non-hydrogen) atoms. The van der Waals surface area contributed by atoms with Crippen LogP contribution in [0.2, 0.25) is 0 Å². The summed E-state index contributed by atoms with van der Waals surface area (Å²) in [6, 6.07) is 9.73. The zero-order chi connectivity index (χ0) is 14.2. The van der Waals surface area contributed by atoms with E-state index in [9.17, 15) is 0 Å². The van der Waals surface area contributed by atoms with Gasteiger partial charge in [0.1, 0.15) is 11.4 Å². The molecule has 1 aliphatic rings. The Hall–Kier alpha value is -2.63. The zero-order valence-corrected chi connectivity index (χ0v) is 11.4. The fraction of sp³-hybridized carbons (Fsp3) is 0.267. The van der Waals surface area contributed by atoms with Crippen molar-refractivity contribution in [2.24, 2.45) is 0 Å². The van der Waals surface area contributed by atoms with Gasteiger partial charge in [0.2, 0.25) is 0 Å². The third kappa shape index (κ3) is 1.99. The van der Waals surface area contributed by atoms with Crippen molar-refractivity contribution in [2.75, 3.05) is 5.73 Å². The molecule has 3 aromatic rings. The Labute approximate surface area is 121 Å². The molecule has 0 atom stereocenters. The Kier molecular flexibility index (Phi) is 2.73. The van der Waals surface area contributed by atoms with Crippen molar-refractivity contribution in [2.45, 2.75) is 25.2 Å². The number of hydrogen-bond acceptors (Lipinski definition) is 5. The molecule has 1 aromatic carbocycles. The third-order valence-electron chi connectivity index (χ3n) is 3.95. The number of para-hydroxylation sites is 1. The molecular formula is C15H15N5O. The van der Waals surface area contributed by atoms with Crippen LogP contribution >= 0.6 is 0 Å². The molecular weight excluding hydrogens is 266 g/mol. The predicted octanol–water partition coefficient (Wildman–Crippen LogP) is 2.77. The van der Waals surface area contributed by atoms with Gasteiger partial charge in [-0.3, -0.25) is 0 Å². The quantitative estimate of drug-likeness (QED) is 0.798. The summed E-state index contributed by atoms with van der Waals surface area (Å²) in [5.74, 6) is 2.16. The van der Waals surface area contributed by atoms with Gasteiger partial charge in [0.05, 0.1) is 11.9 Å². The number of nitrogens with zero attached hydrogens (tertiary/aromatic N) is 4. The molecule has 2 aromatic heterocycles. The summed E-state index contributed by atoms with van der Waals surface area (Å²) >= 11 is 0. The first-order valence-electron chi connectivity index (χ1n) is 7.06. The molecule has 0 saturated heterocycles. The molecule has 6 nitrogen and oxygen atoms in total. The molecule has 2 heterocycles. The molecule has 6 heteroatoms. The first kappa shape index (κ1) is 12.1. The molecule has 1 fully saturated rings. The summed E-state index contributed by atoms with van der Waals surface area (Å²) in [5, 5.41) is 8.37. The van der Waals surface area contributed by atoms with Crippen LogP contribution in [0.25, 0.3) is 17.1 Å². The smallest absolute Gasteiger partial charge is 0.263 e. The van der Waals surface area contributed by atoms with Gasteiger partial charge in [0, 0.05) is 5.92 Å². The van der Waals surface area contributed by atoms with Crippen molar-refractivity contribution in [3.05, 3.63) is 42.4 Å². The first-order chi connectivity index (χ1) is 10.3. The Bertz CT molecular complexity index is 757. The van der Waals surface area contributed by atoms with Crippen LogP contribution in [0.1, 0.15) is 31.0 Å². The lowest BCUT2D eigenvalue weighted by molar-refractivity contribution is 0.366. The van der Waals surface area contributed by atoms with Gasteiger partial charge in [-0.15, -0.1) is 0 Å². The van der Waals surface area contributed by atoms with Crippen LogP contribution in [-0.4, -0.2) is 19.9 Å². The fourth-order valence-corrected chi connectivity index (χ4v) is 2.47. The second-order valence-corrected chi connectivity index (χ2v) is 5.28. The van der Waals surface area contributed by atoms with Crippen LogP contribution in [0.15, 0.2) is 41.1 Å². The second-order valence-electron chi connectivity index (χ2n) is 5.28. The Balaban J connectivity index is 1.70. The van der Waals surface area contributed by atoms with Gasteiger partial charge in [-0.1, -0.05) is 29.8 Å². The first-order valence-corrected chi connectivity index (χ1v) is 7.06. The van der Waals surface area contributed by atoms with Crippen LogP contribution in [0, 0.1) is 0 Å². The topological polar surface area (TPSA) is 82.8 Å². The molecule has 0 spiro atoms. The van der Waals surface area contributed by atoms with E-state index < -0.39 is 0 Å². The minimum Gasteiger partial charge on any atom is -0.383 e. The molecule has 0 aliphatic heterocycles. The molecule has 1 saturated carbocycles. The molecule has 1 aliphatic carbocycles. The van der Waals surface area contributed by atoms with Crippen molar-refractivity contribution in [3.63, 3.8) is 0 Å². The average Bonchev–Trinajstić information content (AvgIpc) is 3.05. The minimum atomic E-state index is 0.438. The lowest BCUT2D eigenvalue weighted by atomic mass is 9.85. The summed E-state index contributed by atoms with van der Waals surface area (Å²) in [6.07, 6.45) is 5.18. The summed E-state index contributed by atoms with van der Waals surface area (Å²) < 4.78 is 7.01. The molecule has 0 bridgehead atoms. The van der Waals surface area contributed by atoms with E-state index in [0.29, 0.717) is 23.2 Å². The normalized spacial score (nSPS) is 15.0. The molecule has 0 amide bonds. The lowest BCUT2D eigenvalue weighted by Crippen LogP contribution is -2.10. The van der Waals surface area contributed by atoms with Crippen molar-refractivity contribution in [3.8, 4) is 17.1 Å². The molecule has 4 rings (SSSR count). The van der Waals surface area contributed by atoms with Crippen molar-refractivity contribution in [1.29, 1.82) is 0 Å². The molecule has 2 N–H and O–H groups in total. The van der Waals surface area contributed by atoms with E-state index in [2.05, 4.69) is 15.2 Å². The van der Waals surface area contributed by atoms with Gasteiger partial charge in [-0.05, 0) is 25.0 Å². The van der Waals surface area contributed by atoms with E-state index in [0.717, 1.165) is 24.4 Å². The SMILES string of the molecule is Nc1c(-c2nc(C3CCC3)no2)cnn1-c1ccccc1. The number of hydrogen-bond donors (Lipinski definition) is 1. The van der Waals surface area contributed by atoms with E-state index >= 15 is 0 Å². The van der Waals surface area contributed by atoms with E-state index in [1.54, 1.807) is 10.9 Å². The number of benzene rings is 1. The average molecular weight is 281 g/mol. The summed E-state index contributed by atoms with van der Waals surface area (Å²) in [6.45, 7) is 0. The van der Waals surface area contributed by atoms with Crippen LogP contribution < -0.4 is 5.73 Å². The van der Waals surface area contributed by atoms with Gasteiger partial charge in [-0.25, -0.2) is 4.68 Å². The fourth-order valence-electron chi connectivity index (χ4n) is 2.47. The lowest BCUT2D eigenvalue weighted by Gasteiger charge is -2.20.